The van der Waals surface area contributed by atoms with Gasteiger partial charge in [0, 0.05) is 17.9 Å². The van der Waals surface area contributed by atoms with Gasteiger partial charge in [-0.3, -0.25) is 9.20 Å². The molecule has 9 heteroatoms. The first kappa shape index (κ1) is 15.1. The van der Waals surface area contributed by atoms with Crippen LogP contribution < -0.4 is 5.32 Å². The smallest absolute Gasteiger partial charge is 0.290 e. The highest BCUT2D eigenvalue weighted by Gasteiger charge is 2.21. The zero-order chi connectivity index (χ0) is 16.6. The largest absolute Gasteiger partial charge is 0.340 e. The van der Waals surface area contributed by atoms with Gasteiger partial charge in [-0.2, -0.15) is 5.10 Å². The molecule has 0 aliphatic heterocycles. The molecular weight excluding hydrogens is 296 g/mol. The predicted octanol–water partition coefficient (Wildman–Crippen LogP) is 0.844. The van der Waals surface area contributed by atoms with E-state index in [0.717, 1.165) is 11.4 Å². The molecule has 9 nitrogen and oxygen atoms in total. The van der Waals surface area contributed by atoms with Crippen LogP contribution in [-0.2, 0) is 6.54 Å². The van der Waals surface area contributed by atoms with E-state index in [-0.39, 0.29) is 17.8 Å². The van der Waals surface area contributed by atoms with Gasteiger partial charge in [0.05, 0.1) is 6.04 Å². The van der Waals surface area contributed by atoms with Crippen LogP contribution in [0, 0.1) is 13.8 Å². The van der Waals surface area contributed by atoms with Gasteiger partial charge >= 0.3 is 0 Å². The Bertz CT molecular complexity index is 865. The van der Waals surface area contributed by atoms with E-state index >= 15 is 0 Å². The van der Waals surface area contributed by atoms with E-state index in [1.807, 2.05) is 33.8 Å². The molecule has 0 radical (unpaired) electrons. The molecule has 0 saturated carbocycles. The zero-order valence-electron chi connectivity index (χ0n) is 13.5. The van der Waals surface area contributed by atoms with Crippen LogP contribution in [0.25, 0.3) is 5.78 Å². The number of hydrogen-bond donors (Lipinski definition) is 1. The highest BCUT2D eigenvalue weighted by Crippen LogP contribution is 2.12. The molecule has 0 unspecified atom stereocenters. The van der Waals surface area contributed by atoms with Crippen molar-refractivity contribution in [2.75, 3.05) is 0 Å². The number of rotatable bonds is 4. The number of hydrogen-bond acceptors (Lipinski definition) is 6. The first-order valence-corrected chi connectivity index (χ1v) is 7.39. The lowest BCUT2D eigenvalue weighted by atomic mass is 10.3. The molecule has 3 rings (SSSR count). The molecule has 0 saturated heterocycles. The molecule has 3 aromatic heterocycles. The molecule has 120 valence electrons. The van der Waals surface area contributed by atoms with Crippen molar-refractivity contribution in [3.8, 4) is 0 Å². The number of fused-ring (bicyclic) bond motifs is 1. The maximum absolute atomic E-state index is 12.5. The summed E-state index contributed by atoms with van der Waals surface area (Å²) in [5.74, 6) is 0.987. The number of carbonyl (C=O) groups is 1. The molecule has 1 amide bonds. The summed E-state index contributed by atoms with van der Waals surface area (Å²) in [6, 6.07) is 1.58. The third kappa shape index (κ3) is 2.65. The number of aromatic nitrogens is 7. The Morgan fingerprint density at radius 2 is 2.13 bits per heavy atom. The number of nitrogens with zero attached hydrogens (tertiary/aromatic N) is 7. The topological polar surface area (TPSA) is 103 Å². The van der Waals surface area contributed by atoms with Crippen molar-refractivity contribution in [1.82, 2.24) is 39.7 Å². The van der Waals surface area contributed by atoms with Crippen LogP contribution in [-0.4, -0.2) is 40.3 Å². The van der Waals surface area contributed by atoms with Crippen LogP contribution in [0.15, 0.2) is 12.4 Å². The molecule has 0 aliphatic carbocycles. The minimum absolute atomic E-state index is 0.208. The van der Waals surface area contributed by atoms with Crippen LogP contribution in [0.1, 0.15) is 47.7 Å². The number of amides is 1. The van der Waals surface area contributed by atoms with Crippen molar-refractivity contribution in [3.05, 3.63) is 35.4 Å². The van der Waals surface area contributed by atoms with Crippen molar-refractivity contribution < 1.29 is 4.79 Å². The van der Waals surface area contributed by atoms with Crippen molar-refractivity contribution in [2.45, 2.75) is 40.3 Å². The SMILES string of the molecule is CCn1ncnc1[C@H](C)NC(=O)c1nnc2nc(C)cc(C)n12. The molecule has 1 N–H and O–H groups in total. The van der Waals surface area contributed by atoms with Gasteiger partial charge in [-0.25, -0.2) is 14.6 Å². The summed E-state index contributed by atoms with van der Waals surface area (Å²) in [6.07, 6.45) is 1.48. The van der Waals surface area contributed by atoms with Gasteiger partial charge in [-0.05, 0) is 33.8 Å². The Morgan fingerprint density at radius 3 is 2.87 bits per heavy atom. The van der Waals surface area contributed by atoms with Gasteiger partial charge < -0.3 is 5.32 Å². The van der Waals surface area contributed by atoms with E-state index in [2.05, 4.69) is 30.6 Å². The Balaban J connectivity index is 1.89. The molecular formula is C14H18N8O. The van der Waals surface area contributed by atoms with Gasteiger partial charge in [-0.1, -0.05) is 0 Å². The molecule has 0 fully saturated rings. The number of nitrogens with one attached hydrogen (secondary N) is 1. The van der Waals surface area contributed by atoms with Crippen LogP contribution in [0.2, 0.25) is 0 Å². The van der Waals surface area contributed by atoms with Crippen LogP contribution in [0.3, 0.4) is 0 Å². The van der Waals surface area contributed by atoms with Crippen molar-refractivity contribution >= 4 is 11.7 Å². The van der Waals surface area contributed by atoms with E-state index in [1.54, 1.807) is 9.08 Å². The summed E-state index contributed by atoms with van der Waals surface area (Å²) in [5.41, 5.74) is 1.69. The zero-order valence-corrected chi connectivity index (χ0v) is 13.5. The third-order valence-corrected chi connectivity index (χ3v) is 3.58. The summed E-state index contributed by atoms with van der Waals surface area (Å²) < 4.78 is 3.38. The highest BCUT2D eigenvalue weighted by atomic mass is 16.2. The van der Waals surface area contributed by atoms with Gasteiger partial charge in [0.15, 0.2) is 0 Å². The molecule has 0 bridgehead atoms. The maximum atomic E-state index is 12.5. The fourth-order valence-corrected chi connectivity index (χ4v) is 2.56. The van der Waals surface area contributed by atoms with E-state index < -0.39 is 0 Å². The molecule has 1 atom stereocenters. The molecule has 0 spiro atoms. The van der Waals surface area contributed by atoms with Crippen LogP contribution in [0.4, 0.5) is 0 Å². The van der Waals surface area contributed by atoms with Gasteiger partial charge in [0.2, 0.25) is 5.82 Å². The fourth-order valence-electron chi connectivity index (χ4n) is 2.56. The number of carbonyl (C=O) groups excluding carboxylic acids is 1. The maximum Gasteiger partial charge on any atom is 0.290 e. The summed E-state index contributed by atoms with van der Waals surface area (Å²) >= 11 is 0. The Kier molecular flexibility index (Phi) is 3.77. The number of aryl methyl sites for hydroxylation is 3. The first-order chi connectivity index (χ1) is 11.0. The molecule has 3 heterocycles. The summed E-state index contributed by atoms with van der Waals surface area (Å²) in [4.78, 5) is 21.0. The van der Waals surface area contributed by atoms with Crippen molar-refractivity contribution in [2.24, 2.45) is 0 Å². The first-order valence-electron chi connectivity index (χ1n) is 7.39. The summed E-state index contributed by atoms with van der Waals surface area (Å²) in [7, 11) is 0. The van der Waals surface area contributed by atoms with Gasteiger partial charge in [-0.15, -0.1) is 10.2 Å². The Hall–Kier alpha value is -2.84. The predicted molar refractivity (Wildman–Crippen MR) is 81.8 cm³/mol. The highest BCUT2D eigenvalue weighted by molar-refractivity contribution is 5.91. The molecule has 0 aromatic carbocycles. The van der Waals surface area contributed by atoms with E-state index in [0.29, 0.717) is 18.1 Å². The van der Waals surface area contributed by atoms with Gasteiger partial charge in [0.1, 0.15) is 12.2 Å². The quantitative estimate of drug-likeness (QED) is 0.765. The Labute approximate surface area is 132 Å². The minimum Gasteiger partial charge on any atom is -0.340 e. The average Bonchev–Trinajstić information content (AvgIpc) is 3.12. The molecule has 23 heavy (non-hydrogen) atoms. The second-order valence-electron chi connectivity index (χ2n) is 5.33. The minimum atomic E-state index is -0.329. The lowest BCUT2D eigenvalue weighted by Crippen LogP contribution is -2.30. The van der Waals surface area contributed by atoms with Gasteiger partial charge in [0.25, 0.3) is 11.7 Å². The lowest BCUT2D eigenvalue weighted by Gasteiger charge is -2.13. The monoisotopic (exact) mass is 314 g/mol. The second kappa shape index (κ2) is 5.75. The normalized spacial score (nSPS) is 12.5. The fraction of sp³-hybridized carbons (Fsp3) is 0.429. The lowest BCUT2D eigenvalue weighted by molar-refractivity contribution is 0.0925. The molecule has 3 aromatic rings. The average molecular weight is 314 g/mol. The van der Waals surface area contributed by atoms with E-state index in [9.17, 15) is 4.79 Å². The standard InChI is InChI=1S/C14H18N8O/c1-5-21-11(15-7-16-21)10(4)18-13(23)12-19-20-14-17-8(2)6-9(3)22(12)14/h6-7,10H,5H2,1-4H3,(H,18,23)/t10-/m0/s1. The molecule has 0 aliphatic rings. The van der Waals surface area contributed by atoms with Crippen LogP contribution >= 0.6 is 0 Å². The summed E-state index contributed by atoms with van der Waals surface area (Å²) in [6.45, 7) is 8.27. The second-order valence-corrected chi connectivity index (χ2v) is 5.33. The van der Waals surface area contributed by atoms with Crippen molar-refractivity contribution in [3.63, 3.8) is 0 Å². The van der Waals surface area contributed by atoms with E-state index in [4.69, 9.17) is 0 Å². The Morgan fingerprint density at radius 1 is 1.35 bits per heavy atom. The summed E-state index contributed by atoms with van der Waals surface area (Å²) in [5, 5.41) is 14.9. The van der Waals surface area contributed by atoms with Crippen LogP contribution in [0.5, 0.6) is 0 Å². The third-order valence-electron chi connectivity index (χ3n) is 3.58. The van der Waals surface area contributed by atoms with E-state index in [1.165, 1.54) is 6.33 Å². The van der Waals surface area contributed by atoms with Crippen molar-refractivity contribution in [1.29, 1.82) is 0 Å².